The van der Waals surface area contributed by atoms with Crippen LogP contribution in [0.15, 0.2) is 167 Å². The summed E-state index contributed by atoms with van der Waals surface area (Å²) in [7, 11) is 3.79. The maximum absolute atomic E-state index is 6.88. The fraction of sp³-hybridized carbons (Fsp3) is 0.310. The molecule has 12 nitrogen and oxygen atoms in total. The summed E-state index contributed by atoms with van der Waals surface area (Å²) < 4.78 is 25.9. The van der Waals surface area contributed by atoms with Gasteiger partial charge >= 0.3 is 0 Å². The van der Waals surface area contributed by atoms with Crippen LogP contribution in [0.4, 0.5) is 34.1 Å². The van der Waals surface area contributed by atoms with E-state index < -0.39 is 17.2 Å². The van der Waals surface area contributed by atoms with Crippen LogP contribution in [0.25, 0.3) is 32.6 Å². The number of fused-ring (bicyclic) bond motifs is 12. The van der Waals surface area contributed by atoms with Crippen molar-refractivity contribution in [2.45, 2.75) is 115 Å². The zero-order valence-corrected chi connectivity index (χ0v) is 49.7. The van der Waals surface area contributed by atoms with Crippen LogP contribution in [0.3, 0.4) is 0 Å². The number of hydrogen-bond donors (Lipinski definition) is 0. The third-order valence-electron chi connectivity index (χ3n) is 18.8. The SMILES string of the molecule is CCCN1c2cc(C)c(C)cc2C(C)(C)C12C=Nc1c(ccc3ncccc13)O2.CCCN1c2ccc(OC)cc2C(C)(C)C12C=Nc1c(ccc3ncccc13)O2.CN1c2ccccc2C(C)(C)C12C=Nc1c(ccc3ccccc13)O2. The summed E-state index contributed by atoms with van der Waals surface area (Å²) in [5.41, 5.74) is 11.8. The number of aliphatic imine (C=N–C) groups is 3. The highest BCUT2D eigenvalue weighted by atomic mass is 16.5. The first-order valence-electron chi connectivity index (χ1n) is 29.1. The topological polar surface area (TPSA) is 110 Å². The average Bonchev–Trinajstić information content (AvgIpc) is 2.27. The molecule has 0 saturated carbocycles. The van der Waals surface area contributed by atoms with E-state index in [0.717, 1.165) is 93.2 Å². The van der Waals surface area contributed by atoms with E-state index in [4.69, 9.17) is 33.9 Å². The molecule has 3 spiro atoms. The predicted molar refractivity (Wildman–Crippen MR) is 340 cm³/mol. The molecule has 83 heavy (non-hydrogen) atoms. The number of aryl methyl sites for hydroxylation is 2. The first-order valence-corrected chi connectivity index (χ1v) is 29.1. The number of anilines is 3. The van der Waals surface area contributed by atoms with Crippen LogP contribution in [0.5, 0.6) is 23.0 Å². The van der Waals surface area contributed by atoms with Gasteiger partial charge in [0.1, 0.15) is 40.1 Å². The van der Waals surface area contributed by atoms with Crippen molar-refractivity contribution in [3.05, 3.63) is 180 Å². The molecule has 3 unspecified atom stereocenters. The average molecular weight is 1100 g/mol. The van der Waals surface area contributed by atoms with Crippen LogP contribution in [0, 0.1) is 13.8 Å². The molecule has 9 aromatic rings. The minimum absolute atomic E-state index is 0.217. The van der Waals surface area contributed by atoms with Gasteiger partial charge in [0.25, 0.3) is 0 Å². The summed E-state index contributed by atoms with van der Waals surface area (Å²) in [6.45, 7) is 24.0. The molecule has 12 heteroatoms. The number of methoxy groups -OCH3 is 1. The van der Waals surface area contributed by atoms with Gasteiger partial charge in [-0.05, 0) is 186 Å². The molecule has 7 aromatic carbocycles. The third kappa shape index (κ3) is 7.73. The van der Waals surface area contributed by atoms with Crippen molar-refractivity contribution in [1.29, 1.82) is 0 Å². The lowest BCUT2D eigenvalue weighted by molar-refractivity contribution is 0.0777. The van der Waals surface area contributed by atoms with Gasteiger partial charge < -0.3 is 33.6 Å². The second-order valence-corrected chi connectivity index (χ2v) is 24.4. The Morgan fingerprint density at radius 1 is 0.458 bits per heavy atom. The number of aromatic nitrogens is 2. The summed E-state index contributed by atoms with van der Waals surface area (Å²) in [4.78, 5) is 30.7. The van der Waals surface area contributed by atoms with Crippen molar-refractivity contribution >= 4 is 85.3 Å². The van der Waals surface area contributed by atoms with Gasteiger partial charge in [-0.3, -0.25) is 24.9 Å². The second kappa shape index (κ2) is 19.4. The molecule has 6 aliphatic rings. The number of ether oxygens (including phenoxy) is 4. The Morgan fingerprint density at radius 3 is 1.53 bits per heavy atom. The summed E-state index contributed by atoms with van der Waals surface area (Å²) in [5, 5.41) is 4.34. The molecular formula is C71H72N8O4. The molecule has 15 rings (SSSR count). The summed E-state index contributed by atoms with van der Waals surface area (Å²) in [6.07, 6.45) is 11.7. The molecule has 0 amide bonds. The Labute approximate surface area is 487 Å². The lowest BCUT2D eigenvalue weighted by Crippen LogP contribution is -2.62. The molecule has 0 radical (unpaired) electrons. The molecule has 0 saturated heterocycles. The Morgan fingerprint density at radius 2 is 0.940 bits per heavy atom. The molecule has 0 N–H and O–H groups in total. The fourth-order valence-corrected chi connectivity index (χ4v) is 13.9. The number of pyridine rings is 2. The van der Waals surface area contributed by atoms with Crippen LogP contribution in [0.2, 0.25) is 0 Å². The lowest BCUT2D eigenvalue weighted by atomic mass is 9.77. The van der Waals surface area contributed by atoms with E-state index in [1.807, 2.05) is 91.6 Å². The Kier molecular flexibility index (Phi) is 12.5. The highest BCUT2D eigenvalue weighted by molar-refractivity contribution is 6.02. The minimum Gasteiger partial charge on any atom is -0.497 e. The molecule has 6 aliphatic heterocycles. The molecule has 8 heterocycles. The second-order valence-electron chi connectivity index (χ2n) is 24.4. The molecule has 0 aliphatic carbocycles. The van der Waals surface area contributed by atoms with E-state index in [2.05, 4.69) is 174 Å². The Balaban J connectivity index is 0.000000117. The van der Waals surface area contributed by atoms with Gasteiger partial charge in [-0.1, -0.05) is 68.4 Å². The number of hydrogen-bond acceptors (Lipinski definition) is 12. The maximum atomic E-state index is 6.88. The first-order chi connectivity index (χ1) is 39.9. The van der Waals surface area contributed by atoms with E-state index in [9.17, 15) is 0 Å². The molecule has 3 atom stereocenters. The molecule has 0 bridgehead atoms. The Bertz CT molecular complexity index is 4190. The molecule has 2 aromatic heterocycles. The monoisotopic (exact) mass is 1100 g/mol. The third-order valence-corrected chi connectivity index (χ3v) is 18.8. The molecule has 0 fully saturated rings. The van der Waals surface area contributed by atoms with Crippen LogP contribution in [-0.4, -0.2) is 73.0 Å². The van der Waals surface area contributed by atoms with Gasteiger partial charge in [0.05, 0.1) is 53.0 Å². The molecular weight excluding hydrogens is 1030 g/mol. The number of rotatable bonds is 5. The van der Waals surface area contributed by atoms with Gasteiger partial charge in [0.2, 0.25) is 17.2 Å². The number of nitrogens with zero attached hydrogens (tertiary/aromatic N) is 8. The van der Waals surface area contributed by atoms with E-state index in [1.165, 1.54) is 50.3 Å². The van der Waals surface area contributed by atoms with Gasteiger partial charge in [-0.25, -0.2) is 0 Å². The smallest absolute Gasteiger partial charge is 0.228 e. The number of likely N-dealkylation sites (N-methyl/N-ethyl adjacent to an activating group) is 1. The normalized spacial score (nSPS) is 21.7. The largest absolute Gasteiger partial charge is 0.497 e. The van der Waals surface area contributed by atoms with Crippen molar-refractivity contribution in [3.8, 4) is 23.0 Å². The van der Waals surface area contributed by atoms with E-state index in [-0.39, 0.29) is 16.2 Å². The minimum atomic E-state index is -0.694. The lowest BCUT2D eigenvalue weighted by Gasteiger charge is -2.46. The van der Waals surface area contributed by atoms with E-state index >= 15 is 0 Å². The van der Waals surface area contributed by atoms with Crippen molar-refractivity contribution in [1.82, 2.24) is 9.97 Å². The van der Waals surface area contributed by atoms with Crippen LogP contribution in [0.1, 0.15) is 96.0 Å². The maximum Gasteiger partial charge on any atom is 0.228 e. The van der Waals surface area contributed by atoms with Gasteiger partial charge in [-0.2, -0.15) is 0 Å². The van der Waals surface area contributed by atoms with Crippen LogP contribution >= 0.6 is 0 Å². The van der Waals surface area contributed by atoms with Crippen molar-refractivity contribution in [2.75, 3.05) is 41.9 Å². The highest BCUT2D eigenvalue weighted by Gasteiger charge is 2.62. The summed E-state index contributed by atoms with van der Waals surface area (Å²) >= 11 is 0. The number of benzene rings is 7. The zero-order valence-electron chi connectivity index (χ0n) is 49.7. The van der Waals surface area contributed by atoms with Gasteiger partial charge in [0, 0.05) is 65.8 Å². The van der Waals surface area contributed by atoms with Gasteiger partial charge in [-0.15, -0.1) is 0 Å². The highest BCUT2D eigenvalue weighted by Crippen LogP contribution is 2.58. The fourth-order valence-electron chi connectivity index (χ4n) is 13.9. The predicted octanol–water partition coefficient (Wildman–Crippen LogP) is 16.2. The van der Waals surface area contributed by atoms with Gasteiger partial charge in [0.15, 0.2) is 0 Å². The molecule has 420 valence electrons. The van der Waals surface area contributed by atoms with Crippen molar-refractivity contribution < 1.29 is 18.9 Å². The van der Waals surface area contributed by atoms with Crippen LogP contribution in [-0.2, 0) is 16.2 Å². The summed E-state index contributed by atoms with van der Waals surface area (Å²) in [6, 6.07) is 47.9. The van der Waals surface area contributed by atoms with E-state index in [1.54, 1.807) is 13.3 Å². The standard InChI is InChI=1S/C25H27N3O.C24H25N3O2.C22H20N2O/c1-6-12-28-21-14-17(3)16(2)13-19(21)24(4,5)25(28)15-27-23-18-8-7-11-26-20(18)9-10-22(23)29-25;1-5-13-27-20-10-8-16(28-4)14-18(20)23(2,3)24(27)15-26-22-17-7-6-12-25-19(17)9-11-21(22)29-24;1-21(2)17-10-6-7-11-18(17)24(3)22(21)14-23-20-16-9-5-4-8-15(16)12-13-19(20)25-22/h7-11,13-15H,6,12H2,1-5H3;6-12,14-15H,5,13H2,1-4H3;4-14H,1-3H3. The summed E-state index contributed by atoms with van der Waals surface area (Å²) in [5.74, 6) is 3.31. The number of para-hydroxylation sites is 1. The van der Waals surface area contributed by atoms with E-state index in [0.29, 0.717) is 0 Å². The van der Waals surface area contributed by atoms with Crippen molar-refractivity contribution in [2.24, 2.45) is 15.0 Å². The first kappa shape index (κ1) is 53.5. The Hall–Kier alpha value is -8.77. The van der Waals surface area contributed by atoms with Crippen molar-refractivity contribution in [3.63, 3.8) is 0 Å². The quantitative estimate of drug-likeness (QED) is 0.166. The van der Waals surface area contributed by atoms with Crippen LogP contribution < -0.4 is 33.6 Å². The zero-order chi connectivity index (χ0) is 57.8.